The van der Waals surface area contributed by atoms with Crippen LogP contribution in [0, 0.1) is 0 Å². The van der Waals surface area contributed by atoms with Gasteiger partial charge in [0.25, 0.3) is 0 Å². The highest BCUT2D eigenvalue weighted by Gasteiger charge is 2.17. The Bertz CT molecular complexity index is 362. The molecule has 0 radical (unpaired) electrons. The highest BCUT2D eigenvalue weighted by Crippen LogP contribution is 2.28. The van der Waals surface area contributed by atoms with E-state index in [0.717, 1.165) is 29.8 Å². The van der Waals surface area contributed by atoms with Crippen LogP contribution in [0.5, 0.6) is 0 Å². The van der Waals surface area contributed by atoms with Gasteiger partial charge in [-0.1, -0.05) is 19.3 Å². The van der Waals surface area contributed by atoms with Crippen molar-refractivity contribution in [1.82, 2.24) is 20.2 Å². The predicted molar refractivity (Wildman–Crippen MR) is 79.8 cm³/mol. The number of hydrazine groups is 1. The number of rotatable bonds is 7. The zero-order chi connectivity index (χ0) is 13.5. The summed E-state index contributed by atoms with van der Waals surface area (Å²) in [6.07, 6.45) is 9.41. The van der Waals surface area contributed by atoms with Crippen LogP contribution in [0.1, 0.15) is 44.9 Å². The fourth-order valence-electron chi connectivity index (χ4n) is 2.58. The van der Waals surface area contributed by atoms with Crippen molar-refractivity contribution in [3.8, 4) is 0 Å². The van der Waals surface area contributed by atoms with Gasteiger partial charge in [0.1, 0.15) is 12.2 Å². The molecule has 1 unspecified atom stereocenters. The Hall–Kier alpha value is -0.590. The van der Waals surface area contributed by atoms with Crippen molar-refractivity contribution in [2.45, 2.75) is 63.3 Å². The zero-order valence-electron chi connectivity index (χ0n) is 11.7. The minimum Gasteiger partial charge on any atom is -0.271 e. The topological polar surface area (TPSA) is 68.8 Å². The molecule has 0 amide bonds. The molecule has 0 spiro atoms. The van der Waals surface area contributed by atoms with E-state index >= 15 is 0 Å². The molecule has 0 bridgehead atoms. The molecule has 0 aliphatic heterocycles. The summed E-state index contributed by atoms with van der Waals surface area (Å²) in [5.74, 6) is 7.75. The molecule has 19 heavy (non-hydrogen) atoms. The second kappa shape index (κ2) is 7.87. The lowest BCUT2D eigenvalue weighted by atomic mass is 10.0. The van der Waals surface area contributed by atoms with E-state index in [4.69, 9.17) is 5.84 Å². The summed E-state index contributed by atoms with van der Waals surface area (Å²) in [5, 5.41) is 5.03. The van der Waals surface area contributed by atoms with Crippen molar-refractivity contribution in [1.29, 1.82) is 0 Å². The second-order valence-electron chi connectivity index (χ2n) is 5.15. The number of hydrogen-bond acceptors (Lipinski definition) is 5. The Kier molecular flexibility index (Phi) is 6.13. The number of hydrogen-bond donors (Lipinski definition) is 2. The fourth-order valence-corrected chi connectivity index (χ4v) is 3.97. The molecule has 1 heterocycles. The lowest BCUT2D eigenvalue weighted by molar-refractivity contribution is 0.508. The van der Waals surface area contributed by atoms with Crippen LogP contribution >= 0.6 is 11.8 Å². The Morgan fingerprint density at radius 3 is 2.95 bits per heavy atom. The van der Waals surface area contributed by atoms with E-state index in [-0.39, 0.29) is 6.04 Å². The summed E-state index contributed by atoms with van der Waals surface area (Å²) in [6.45, 7) is 2.95. The number of nitrogens with two attached hydrogens (primary N) is 1. The standard InChI is InChI=1S/C13H25N5S/c1-2-18-13(15-10-16-18)8-11(17-14)9-19-12-6-4-3-5-7-12/h10-12,17H,2-9,14H2,1H3. The van der Waals surface area contributed by atoms with E-state index in [1.54, 1.807) is 6.33 Å². The maximum atomic E-state index is 5.68. The first kappa shape index (κ1) is 14.8. The molecule has 0 saturated heterocycles. The van der Waals surface area contributed by atoms with Crippen LogP contribution in [0.25, 0.3) is 0 Å². The van der Waals surface area contributed by atoms with Crippen LogP contribution in [-0.4, -0.2) is 31.8 Å². The molecule has 3 N–H and O–H groups in total. The van der Waals surface area contributed by atoms with Crippen LogP contribution in [0.15, 0.2) is 6.33 Å². The van der Waals surface area contributed by atoms with Crippen LogP contribution in [0.2, 0.25) is 0 Å². The van der Waals surface area contributed by atoms with Crippen molar-refractivity contribution in [2.75, 3.05) is 5.75 Å². The summed E-state index contributed by atoms with van der Waals surface area (Å²) in [5.41, 5.74) is 2.93. The number of aryl methyl sites for hydroxylation is 1. The summed E-state index contributed by atoms with van der Waals surface area (Å²) in [7, 11) is 0. The molecule has 1 aromatic heterocycles. The smallest absolute Gasteiger partial charge is 0.138 e. The monoisotopic (exact) mass is 283 g/mol. The van der Waals surface area contributed by atoms with Crippen LogP contribution in [0.4, 0.5) is 0 Å². The Balaban J connectivity index is 1.79. The number of aromatic nitrogens is 3. The molecule has 1 saturated carbocycles. The quantitative estimate of drug-likeness (QED) is 0.589. The van der Waals surface area contributed by atoms with E-state index in [1.807, 2.05) is 4.68 Å². The lowest BCUT2D eigenvalue weighted by Crippen LogP contribution is -2.39. The third kappa shape index (κ3) is 4.47. The van der Waals surface area contributed by atoms with Crippen LogP contribution in [-0.2, 0) is 13.0 Å². The van der Waals surface area contributed by atoms with Crippen molar-refractivity contribution >= 4 is 11.8 Å². The van der Waals surface area contributed by atoms with Gasteiger partial charge in [-0.05, 0) is 19.8 Å². The molecule has 1 aromatic rings. The minimum atomic E-state index is 0.279. The van der Waals surface area contributed by atoms with Crippen LogP contribution in [0.3, 0.4) is 0 Å². The number of nitrogens with zero attached hydrogens (tertiary/aromatic N) is 3. The zero-order valence-corrected chi connectivity index (χ0v) is 12.5. The van der Waals surface area contributed by atoms with Crippen molar-refractivity contribution < 1.29 is 0 Å². The predicted octanol–water partition coefficient (Wildman–Crippen LogP) is 1.74. The van der Waals surface area contributed by atoms with Crippen molar-refractivity contribution in [3.05, 3.63) is 12.2 Å². The Morgan fingerprint density at radius 1 is 1.47 bits per heavy atom. The van der Waals surface area contributed by atoms with E-state index in [1.165, 1.54) is 32.1 Å². The van der Waals surface area contributed by atoms with Gasteiger partial charge in [0, 0.05) is 30.0 Å². The van der Waals surface area contributed by atoms with Crippen molar-refractivity contribution in [3.63, 3.8) is 0 Å². The van der Waals surface area contributed by atoms with Gasteiger partial charge in [0.15, 0.2) is 0 Å². The third-order valence-electron chi connectivity index (χ3n) is 3.75. The van der Waals surface area contributed by atoms with Gasteiger partial charge in [-0.15, -0.1) is 0 Å². The summed E-state index contributed by atoms with van der Waals surface area (Å²) < 4.78 is 1.94. The van der Waals surface area contributed by atoms with Gasteiger partial charge in [0.2, 0.25) is 0 Å². The fraction of sp³-hybridized carbons (Fsp3) is 0.846. The Morgan fingerprint density at radius 2 is 2.26 bits per heavy atom. The Labute approximate surface area is 119 Å². The number of thioether (sulfide) groups is 1. The summed E-state index contributed by atoms with van der Waals surface area (Å²) in [6, 6.07) is 0.279. The molecule has 0 aromatic carbocycles. The molecular formula is C13H25N5S. The van der Waals surface area contributed by atoms with Crippen molar-refractivity contribution in [2.24, 2.45) is 5.84 Å². The summed E-state index contributed by atoms with van der Waals surface area (Å²) in [4.78, 5) is 4.32. The van der Waals surface area contributed by atoms with E-state index in [0.29, 0.717) is 0 Å². The lowest BCUT2D eigenvalue weighted by Gasteiger charge is -2.23. The average molecular weight is 283 g/mol. The highest BCUT2D eigenvalue weighted by molar-refractivity contribution is 7.99. The van der Waals surface area contributed by atoms with E-state index in [2.05, 4.69) is 34.2 Å². The van der Waals surface area contributed by atoms with Gasteiger partial charge >= 0.3 is 0 Å². The average Bonchev–Trinajstić information content (AvgIpc) is 2.91. The first-order valence-corrected chi connectivity index (χ1v) is 8.32. The van der Waals surface area contributed by atoms with Gasteiger partial charge in [-0.3, -0.25) is 16.0 Å². The molecule has 2 rings (SSSR count). The van der Waals surface area contributed by atoms with Gasteiger partial charge in [-0.2, -0.15) is 16.9 Å². The second-order valence-corrected chi connectivity index (χ2v) is 6.49. The normalized spacial score (nSPS) is 18.6. The maximum Gasteiger partial charge on any atom is 0.138 e. The summed E-state index contributed by atoms with van der Waals surface area (Å²) >= 11 is 2.07. The highest BCUT2D eigenvalue weighted by atomic mass is 32.2. The first-order chi connectivity index (χ1) is 9.33. The molecule has 108 valence electrons. The third-order valence-corrected chi connectivity index (χ3v) is 5.28. The SMILES string of the molecule is CCn1ncnc1CC(CSC1CCCCC1)NN. The molecule has 1 atom stereocenters. The van der Waals surface area contributed by atoms with Gasteiger partial charge < -0.3 is 0 Å². The number of nitrogens with one attached hydrogen (secondary N) is 1. The van der Waals surface area contributed by atoms with Gasteiger partial charge in [-0.25, -0.2) is 4.98 Å². The maximum absolute atomic E-state index is 5.68. The molecule has 1 fully saturated rings. The molecular weight excluding hydrogens is 258 g/mol. The molecule has 1 aliphatic carbocycles. The molecule has 6 heteroatoms. The largest absolute Gasteiger partial charge is 0.271 e. The minimum absolute atomic E-state index is 0.279. The molecule has 5 nitrogen and oxygen atoms in total. The van der Waals surface area contributed by atoms with Crippen LogP contribution < -0.4 is 11.3 Å². The van der Waals surface area contributed by atoms with E-state index in [9.17, 15) is 0 Å². The van der Waals surface area contributed by atoms with Gasteiger partial charge in [0.05, 0.1) is 0 Å². The first-order valence-electron chi connectivity index (χ1n) is 7.28. The molecule has 1 aliphatic rings. The van der Waals surface area contributed by atoms with E-state index < -0.39 is 0 Å².